The molecule has 1 amide bonds. The van der Waals surface area contributed by atoms with Crippen molar-refractivity contribution >= 4 is 23.2 Å². The molecule has 0 radical (unpaired) electrons. The third kappa shape index (κ3) is 5.09. The lowest BCUT2D eigenvalue weighted by Crippen LogP contribution is -2.24. The van der Waals surface area contributed by atoms with Crippen LogP contribution < -0.4 is 10.6 Å². The van der Waals surface area contributed by atoms with E-state index < -0.39 is 6.10 Å². The first-order chi connectivity index (χ1) is 9.08. The van der Waals surface area contributed by atoms with Gasteiger partial charge >= 0.3 is 0 Å². The molecule has 1 unspecified atom stereocenters. The standard InChI is InChI=1S/C14H21ClN2O2/c1-3-6-16-14(19)11-4-5-13(10(2)7-11)17-9-12(18)8-15/h4-5,7,12,17-18H,3,6,8-9H2,1-2H3,(H,16,19). The molecule has 0 aliphatic heterocycles. The van der Waals surface area contributed by atoms with Crippen molar-refractivity contribution < 1.29 is 9.90 Å². The SMILES string of the molecule is CCCNC(=O)c1ccc(NCC(O)CCl)c(C)c1. The van der Waals surface area contributed by atoms with E-state index >= 15 is 0 Å². The monoisotopic (exact) mass is 284 g/mol. The average Bonchev–Trinajstić information content (AvgIpc) is 2.42. The molecular formula is C14H21ClN2O2. The number of benzene rings is 1. The van der Waals surface area contributed by atoms with Gasteiger partial charge in [0, 0.05) is 24.3 Å². The number of alkyl halides is 1. The van der Waals surface area contributed by atoms with Gasteiger partial charge in [0.05, 0.1) is 12.0 Å². The van der Waals surface area contributed by atoms with Crippen molar-refractivity contribution in [3.8, 4) is 0 Å². The minimum absolute atomic E-state index is 0.0581. The van der Waals surface area contributed by atoms with E-state index in [4.69, 9.17) is 11.6 Å². The Morgan fingerprint density at radius 3 is 2.79 bits per heavy atom. The lowest BCUT2D eigenvalue weighted by molar-refractivity contribution is 0.0953. The molecule has 1 aromatic rings. The number of carbonyl (C=O) groups is 1. The van der Waals surface area contributed by atoms with Crippen molar-refractivity contribution in [2.24, 2.45) is 0 Å². The van der Waals surface area contributed by atoms with Crippen LogP contribution >= 0.6 is 11.6 Å². The van der Waals surface area contributed by atoms with Crippen molar-refractivity contribution in [2.45, 2.75) is 26.4 Å². The lowest BCUT2D eigenvalue weighted by atomic mass is 10.1. The van der Waals surface area contributed by atoms with Gasteiger partial charge in [-0.2, -0.15) is 0 Å². The van der Waals surface area contributed by atoms with Gasteiger partial charge in [-0.3, -0.25) is 4.79 Å². The summed E-state index contributed by atoms with van der Waals surface area (Å²) >= 11 is 5.53. The van der Waals surface area contributed by atoms with Crippen molar-refractivity contribution in [3.63, 3.8) is 0 Å². The van der Waals surface area contributed by atoms with E-state index in [-0.39, 0.29) is 11.8 Å². The zero-order valence-electron chi connectivity index (χ0n) is 11.4. The van der Waals surface area contributed by atoms with Crippen LogP contribution in [0.4, 0.5) is 5.69 Å². The summed E-state index contributed by atoms with van der Waals surface area (Å²) in [7, 11) is 0. The molecule has 0 aliphatic carbocycles. The molecule has 19 heavy (non-hydrogen) atoms. The molecule has 4 nitrogen and oxygen atoms in total. The Morgan fingerprint density at radius 2 is 2.21 bits per heavy atom. The number of aliphatic hydroxyl groups is 1. The molecule has 1 atom stereocenters. The highest BCUT2D eigenvalue weighted by molar-refractivity contribution is 6.18. The Kier molecular flexibility index (Phi) is 6.67. The summed E-state index contributed by atoms with van der Waals surface area (Å²) in [6.45, 7) is 5.01. The average molecular weight is 285 g/mol. The largest absolute Gasteiger partial charge is 0.390 e. The van der Waals surface area contributed by atoms with Gasteiger partial charge < -0.3 is 15.7 Å². The number of nitrogens with one attached hydrogen (secondary N) is 2. The van der Waals surface area contributed by atoms with Gasteiger partial charge in [-0.05, 0) is 37.1 Å². The molecule has 3 N–H and O–H groups in total. The highest BCUT2D eigenvalue weighted by atomic mass is 35.5. The number of halogens is 1. The maximum Gasteiger partial charge on any atom is 0.251 e. The fourth-order valence-electron chi connectivity index (χ4n) is 1.63. The summed E-state index contributed by atoms with van der Waals surface area (Å²) < 4.78 is 0. The molecule has 1 aromatic carbocycles. The third-order valence-electron chi connectivity index (χ3n) is 2.73. The molecule has 0 heterocycles. The molecule has 1 rings (SSSR count). The zero-order chi connectivity index (χ0) is 14.3. The van der Waals surface area contributed by atoms with Gasteiger partial charge in [-0.15, -0.1) is 11.6 Å². The van der Waals surface area contributed by atoms with Crippen molar-refractivity contribution in [2.75, 3.05) is 24.3 Å². The summed E-state index contributed by atoms with van der Waals surface area (Å²) in [6, 6.07) is 5.45. The summed E-state index contributed by atoms with van der Waals surface area (Å²) in [4.78, 5) is 11.8. The first kappa shape index (κ1) is 15.8. The molecule has 0 aromatic heterocycles. The van der Waals surface area contributed by atoms with Crippen LogP contribution in [0.5, 0.6) is 0 Å². The fourth-order valence-corrected chi connectivity index (χ4v) is 1.74. The molecule has 106 valence electrons. The van der Waals surface area contributed by atoms with Crippen LogP contribution in [-0.2, 0) is 0 Å². The summed E-state index contributed by atoms with van der Waals surface area (Å²) in [6.07, 6.45) is 0.342. The number of rotatable bonds is 7. The number of aliphatic hydroxyl groups excluding tert-OH is 1. The van der Waals surface area contributed by atoms with Crippen LogP contribution in [-0.4, -0.2) is 36.1 Å². The molecular weight excluding hydrogens is 264 g/mol. The fraction of sp³-hybridized carbons (Fsp3) is 0.500. The molecule has 0 fully saturated rings. The minimum Gasteiger partial charge on any atom is -0.390 e. The lowest BCUT2D eigenvalue weighted by Gasteiger charge is -2.13. The first-order valence-electron chi connectivity index (χ1n) is 6.45. The Labute approximate surface area is 119 Å². The molecule has 0 spiro atoms. The van der Waals surface area contributed by atoms with Gasteiger partial charge in [-0.1, -0.05) is 6.92 Å². The Hall–Kier alpha value is -1.26. The Morgan fingerprint density at radius 1 is 1.47 bits per heavy atom. The van der Waals surface area contributed by atoms with Crippen molar-refractivity contribution in [3.05, 3.63) is 29.3 Å². The topological polar surface area (TPSA) is 61.4 Å². The smallest absolute Gasteiger partial charge is 0.251 e. The summed E-state index contributed by atoms with van der Waals surface area (Å²) in [5.74, 6) is 0.140. The number of hydrogen-bond acceptors (Lipinski definition) is 3. The highest BCUT2D eigenvalue weighted by Gasteiger charge is 2.08. The van der Waals surface area contributed by atoms with Crippen LogP contribution in [0.15, 0.2) is 18.2 Å². The summed E-state index contributed by atoms with van der Waals surface area (Å²) in [5, 5.41) is 15.3. The Balaban J connectivity index is 2.66. The van der Waals surface area contributed by atoms with E-state index in [1.54, 1.807) is 6.07 Å². The zero-order valence-corrected chi connectivity index (χ0v) is 12.1. The predicted octanol–water partition coefficient (Wildman–Crippen LogP) is 2.15. The second-order valence-corrected chi connectivity index (χ2v) is 4.78. The van der Waals surface area contributed by atoms with Crippen LogP contribution in [0.25, 0.3) is 0 Å². The Bertz CT molecular complexity index is 424. The van der Waals surface area contributed by atoms with E-state index in [0.29, 0.717) is 18.7 Å². The van der Waals surface area contributed by atoms with Crippen molar-refractivity contribution in [1.29, 1.82) is 0 Å². The van der Waals surface area contributed by atoms with E-state index in [2.05, 4.69) is 10.6 Å². The normalized spacial score (nSPS) is 12.0. The number of anilines is 1. The van der Waals surface area contributed by atoms with E-state index in [0.717, 1.165) is 17.7 Å². The molecule has 0 bridgehead atoms. The molecule has 5 heteroatoms. The minimum atomic E-state index is -0.575. The highest BCUT2D eigenvalue weighted by Crippen LogP contribution is 2.16. The van der Waals surface area contributed by atoms with E-state index in [1.807, 2.05) is 26.0 Å². The number of aryl methyl sites for hydroxylation is 1. The van der Waals surface area contributed by atoms with Gasteiger partial charge in [0.1, 0.15) is 0 Å². The molecule has 0 aliphatic rings. The molecule has 0 saturated carbocycles. The van der Waals surface area contributed by atoms with Gasteiger partial charge in [0.2, 0.25) is 0 Å². The van der Waals surface area contributed by atoms with Crippen LogP contribution in [0.1, 0.15) is 29.3 Å². The van der Waals surface area contributed by atoms with Gasteiger partial charge in [0.25, 0.3) is 5.91 Å². The second kappa shape index (κ2) is 8.02. The maximum absolute atomic E-state index is 11.8. The third-order valence-corrected chi connectivity index (χ3v) is 3.09. The predicted molar refractivity (Wildman–Crippen MR) is 79.0 cm³/mol. The quantitative estimate of drug-likeness (QED) is 0.672. The number of hydrogen-bond donors (Lipinski definition) is 3. The van der Waals surface area contributed by atoms with Crippen LogP contribution in [0.2, 0.25) is 0 Å². The maximum atomic E-state index is 11.8. The van der Waals surface area contributed by atoms with E-state index in [1.165, 1.54) is 0 Å². The number of amides is 1. The van der Waals surface area contributed by atoms with Crippen LogP contribution in [0, 0.1) is 6.92 Å². The van der Waals surface area contributed by atoms with Crippen LogP contribution in [0.3, 0.4) is 0 Å². The second-order valence-electron chi connectivity index (χ2n) is 4.47. The van der Waals surface area contributed by atoms with Gasteiger partial charge in [-0.25, -0.2) is 0 Å². The van der Waals surface area contributed by atoms with Crippen molar-refractivity contribution in [1.82, 2.24) is 5.32 Å². The van der Waals surface area contributed by atoms with E-state index in [9.17, 15) is 9.90 Å². The van der Waals surface area contributed by atoms with Gasteiger partial charge in [0.15, 0.2) is 0 Å². The summed E-state index contributed by atoms with van der Waals surface area (Å²) in [5.41, 5.74) is 2.51. The first-order valence-corrected chi connectivity index (χ1v) is 6.98. The molecule has 0 saturated heterocycles. The number of carbonyl (C=O) groups excluding carboxylic acids is 1.